The molecule has 9 nitrogen and oxygen atoms in total. The average Bonchev–Trinajstić information content (AvgIpc) is 3.51. The first-order valence-electron chi connectivity index (χ1n) is 10.7. The summed E-state index contributed by atoms with van der Waals surface area (Å²) in [5, 5.41) is 22.9. The topological polar surface area (TPSA) is 120 Å². The van der Waals surface area contributed by atoms with Crippen molar-refractivity contribution in [3.05, 3.63) is 53.6 Å². The molecule has 164 valence electrons. The fourth-order valence-corrected chi connectivity index (χ4v) is 3.81. The smallest absolute Gasteiger partial charge is 0.160 e. The van der Waals surface area contributed by atoms with Crippen molar-refractivity contribution in [3.8, 4) is 22.8 Å². The molecule has 0 bridgehead atoms. The molecule has 1 saturated carbocycles. The van der Waals surface area contributed by atoms with Crippen LogP contribution in [-0.4, -0.2) is 34.6 Å². The lowest BCUT2D eigenvalue weighted by Crippen LogP contribution is -2.09. The quantitative estimate of drug-likeness (QED) is 0.397. The third-order valence-corrected chi connectivity index (χ3v) is 5.87. The molecule has 1 aliphatic rings. The molecule has 1 aromatic carbocycles. The standard InChI is InChI=1S/C23H26N8O/c1-13-21(17-6-8-18(24)9-7-17)29-30(11-16-4-5-16)23(13)27-19-10-20(26-12-25-19)31-15(3)22(32)14(2)28-31/h6-10,12,16,32H,4-5,11,24H2,1-3H3,(H,25,26,27). The summed E-state index contributed by atoms with van der Waals surface area (Å²) in [5.74, 6) is 2.95. The number of benzene rings is 1. The second kappa shape index (κ2) is 7.67. The predicted molar refractivity (Wildman–Crippen MR) is 123 cm³/mol. The summed E-state index contributed by atoms with van der Waals surface area (Å²) in [5.41, 5.74) is 10.8. The van der Waals surface area contributed by atoms with Crippen LogP contribution in [0.2, 0.25) is 0 Å². The number of aryl methyl sites for hydroxylation is 1. The van der Waals surface area contributed by atoms with E-state index < -0.39 is 0 Å². The molecule has 0 amide bonds. The Bertz CT molecular complexity index is 1280. The van der Waals surface area contributed by atoms with Crippen molar-refractivity contribution in [2.75, 3.05) is 11.1 Å². The summed E-state index contributed by atoms with van der Waals surface area (Å²) in [6.07, 6.45) is 3.95. The Morgan fingerprint density at radius 2 is 1.84 bits per heavy atom. The summed E-state index contributed by atoms with van der Waals surface area (Å²) >= 11 is 0. The van der Waals surface area contributed by atoms with Gasteiger partial charge in [-0.3, -0.25) is 0 Å². The highest BCUT2D eigenvalue weighted by molar-refractivity contribution is 5.72. The lowest BCUT2D eigenvalue weighted by molar-refractivity contribution is 0.466. The first-order chi connectivity index (χ1) is 15.4. The number of aromatic nitrogens is 6. The van der Waals surface area contributed by atoms with Gasteiger partial charge in [0.2, 0.25) is 0 Å². The zero-order valence-corrected chi connectivity index (χ0v) is 18.4. The monoisotopic (exact) mass is 430 g/mol. The van der Waals surface area contributed by atoms with Crippen LogP contribution >= 0.6 is 0 Å². The first kappa shape index (κ1) is 20.0. The Morgan fingerprint density at radius 3 is 2.50 bits per heavy atom. The van der Waals surface area contributed by atoms with Crippen LogP contribution in [0, 0.1) is 26.7 Å². The zero-order valence-electron chi connectivity index (χ0n) is 18.4. The number of hydrogen-bond acceptors (Lipinski definition) is 7. The van der Waals surface area contributed by atoms with Gasteiger partial charge >= 0.3 is 0 Å². The second-order valence-corrected chi connectivity index (χ2v) is 8.39. The van der Waals surface area contributed by atoms with Crippen LogP contribution in [0.4, 0.5) is 17.3 Å². The van der Waals surface area contributed by atoms with E-state index in [2.05, 4.69) is 27.3 Å². The number of hydrogen-bond donors (Lipinski definition) is 3. The van der Waals surface area contributed by atoms with E-state index >= 15 is 0 Å². The van der Waals surface area contributed by atoms with Crippen molar-refractivity contribution in [3.63, 3.8) is 0 Å². The fraction of sp³-hybridized carbons (Fsp3) is 0.304. The Kier molecular flexibility index (Phi) is 4.80. The van der Waals surface area contributed by atoms with Gasteiger partial charge in [0, 0.05) is 29.4 Å². The lowest BCUT2D eigenvalue weighted by atomic mass is 10.1. The predicted octanol–water partition coefficient (Wildman–Crippen LogP) is 3.89. The largest absolute Gasteiger partial charge is 0.504 e. The Morgan fingerprint density at radius 1 is 1.09 bits per heavy atom. The minimum absolute atomic E-state index is 0.171. The SMILES string of the molecule is Cc1nn(-c2cc(Nc3c(C)c(-c4ccc(N)cc4)nn3CC3CC3)ncn2)c(C)c1O. The van der Waals surface area contributed by atoms with Gasteiger partial charge < -0.3 is 16.2 Å². The van der Waals surface area contributed by atoms with Gasteiger partial charge in [-0.1, -0.05) is 12.1 Å². The van der Waals surface area contributed by atoms with Gasteiger partial charge in [-0.2, -0.15) is 10.2 Å². The van der Waals surface area contributed by atoms with Crippen LogP contribution in [0.15, 0.2) is 36.7 Å². The number of nitrogen functional groups attached to an aromatic ring is 1. The molecular formula is C23H26N8O. The van der Waals surface area contributed by atoms with Gasteiger partial charge in [-0.25, -0.2) is 19.3 Å². The maximum absolute atomic E-state index is 10.1. The lowest BCUT2D eigenvalue weighted by Gasteiger charge is -2.11. The Balaban J connectivity index is 1.52. The van der Waals surface area contributed by atoms with Crippen LogP contribution in [0.25, 0.3) is 17.1 Å². The number of nitrogens with one attached hydrogen (secondary N) is 1. The zero-order chi connectivity index (χ0) is 22.4. The van der Waals surface area contributed by atoms with Crippen molar-refractivity contribution in [2.45, 2.75) is 40.2 Å². The maximum Gasteiger partial charge on any atom is 0.160 e. The molecule has 0 radical (unpaired) electrons. The van der Waals surface area contributed by atoms with Crippen molar-refractivity contribution >= 4 is 17.3 Å². The number of nitrogens with zero attached hydrogens (tertiary/aromatic N) is 6. The highest BCUT2D eigenvalue weighted by Crippen LogP contribution is 2.35. The summed E-state index contributed by atoms with van der Waals surface area (Å²) in [6, 6.07) is 9.59. The highest BCUT2D eigenvalue weighted by atomic mass is 16.3. The molecule has 1 fully saturated rings. The summed E-state index contributed by atoms with van der Waals surface area (Å²) in [4.78, 5) is 8.74. The van der Waals surface area contributed by atoms with E-state index in [1.807, 2.05) is 35.0 Å². The van der Waals surface area contributed by atoms with Crippen LogP contribution in [0.3, 0.4) is 0 Å². The summed E-state index contributed by atoms with van der Waals surface area (Å²) in [6.45, 7) is 6.49. The van der Waals surface area contributed by atoms with Gasteiger partial charge in [-0.05, 0) is 51.7 Å². The van der Waals surface area contributed by atoms with Crippen molar-refractivity contribution in [1.82, 2.24) is 29.5 Å². The maximum atomic E-state index is 10.1. The summed E-state index contributed by atoms with van der Waals surface area (Å²) < 4.78 is 3.65. The van der Waals surface area contributed by atoms with Crippen LogP contribution in [-0.2, 0) is 6.54 Å². The molecule has 4 N–H and O–H groups in total. The fourth-order valence-electron chi connectivity index (χ4n) is 3.81. The van der Waals surface area contributed by atoms with E-state index in [0.717, 1.165) is 34.9 Å². The second-order valence-electron chi connectivity index (χ2n) is 8.39. The summed E-state index contributed by atoms with van der Waals surface area (Å²) in [7, 11) is 0. The van der Waals surface area contributed by atoms with E-state index in [4.69, 9.17) is 10.8 Å². The third kappa shape index (κ3) is 3.66. The van der Waals surface area contributed by atoms with Gasteiger partial charge in [0.25, 0.3) is 0 Å². The van der Waals surface area contributed by atoms with Crippen LogP contribution in [0.5, 0.6) is 5.75 Å². The average molecular weight is 431 g/mol. The van der Waals surface area contributed by atoms with Crippen LogP contribution < -0.4 is 11.1 Å². The number of anilines is 3. The molecule has 32 heavy (non-hydrogen) atoms. The van der Waals surface area contributed by atoms with Gasteiger partial charge in [0.1, 0.15) is 23.7 Å². The van der Waals surface area contributed by atoms with E-state index in [1.54, 1.807) is 18.5 Å². The first-order valence-corrected chi connectivity index (χ1v) is 10.7. The normalized spacial score (nSPS) is 13.5. The Labute approximate surface area is 185 Å². The van der Waals surface area contributed by atoms with E-state index in [1.165, 1.54) is 19.2 Å². The van der Waals surface area contributed by atoms with E-state index in [-0.39, 0.29) is 5.75 Å². The molecule has 9 heteroatoms. The Hall–Kier alpha value is -3.88. The highest BCUT2D eigenvalue weighted by Gasteiger charge is 2.25. The van der Waals surface area contributed by atoms with Crippen molar-refractivity contribution in [1.29, 1.82) is 0 Å². The van der Waals surface area contributed by atoms with Gasteiger partial charge in [-0.15, -0.1) is 0 Å². The minimum atomic E-state index is 0.171. The number of aromatic hydroxyl groups is 1. The molecule has 5 rings (SSSR count). The van der Waals surface area contributed by atoms with Gasteiger partial charge in [0.05, 0.1) is 11.4 Å². The number of rotatable bonds is 6. The molecule has 3 aromatic heterocycles. The molecular weight excluding hydrogens is 404 g/mol. The molecule has 0 unspecified atom stereocenters. The van der Waals surface area contributed by atoms with E-state index in [9.17, 15) is 5.11 Å². The van der Waals surface area contributed by atoms with Gasteiger partial charge in [0.15, 0.2) is 11.6 Å². The molecule has 0 spiro atoms. The molecule has 0 saturated heterocycles. The third-order valence-electron chi connectivity index (χ3n) is 5.87. The van der Waals surface area contributed by atoms with E-state index in [0.29, 0.717) is 28.9 Å². The molecule has 4 aromatic rings. The number of nitrogens with two attached hydrogens (primary N) is 1. The molecule has 3 heterocycles. The minimum Gasteiger partial charge on any atom is -0.504 e. The van der Waals surface area contributed by atoms with Crippen LogP contribution in [0.1, 0.15) is 29.8 Å². The molecule has 1 aliphatic carbocycles. The molecule has 0 atom stereocenters. The van der Waals surface area contributed by atoms with Crippen molar-refractivity contribution in [2.24, 2.45) is 5.92 Å². The van der Waals surface area contributed by atoms with Crippen molar-refractivity contribution < 1.29 is 5.11 Å². The molecule has 0 aliphatic heterocycles.